The van der Waals surface area contributed by atoms with Crippen molar-refractivity contribution in [2.45, 2.75) is 25.8 Å². The van der Waals surface area contributed by atoms with Gasteiger partial charge in [0.05, 0.1) is 0 Å². The Balaban J connectivity index is 1.93. The number of benzene rings is 1. The molecule has 0 N–H and O–H groups in total. The Kier molecular flexibility index (Phi) is 3.97. The lowest BCUT2D eigenvalue weighted by atomic mass is 10.1. The zero-order valence-electron chi connectivity index (χ0n) is 9.29. The van der Waals surface area contributed by atoms with E-state index in [1.165, 1.54) is 31.5 Å². The van der Waals surface area contributed by atoms with Crippen LogP contribution in [-0.4, -0.2) is 23.2 Å². The average molecular weight is 238 g/mol. The molecule has 0 atom stereocenters. The van der Waals surface area contributed by atoms with Gasteiger partial charge in [-0.2, -0.15) is 0 Å². The van der Waals surface area contributed by atoms with Gasteiger partial charge in [0.25, 0.3) is 0 Å². The largest absolute Gasteiger partial charge is 0.299 e. The lowest BCUT2D eigenvalue weighted by molar-refractivity contribution is -0.111. The van der Waals surface area contributed by atoms with Gasteiger partial charge in [0.2, 0.25) is 5.24 Å². The molecule has 16 heavy (non-hydrogen) atoms. The number of halogens is 1. The van der Waals surface area contributed by atoms with Crippen LogP contribution in [0.3, 0.4) is 0 Å². The molecule has 0 unspecified atom stereocenters. The molecule has 1 aromatic rings. The highest BCUT2D eigenvalue weighted by molar-refractivity contribution is 6.63. The maximum Gasteiger partial charge on any atom is 0.226 e. The predicted octanol–water partition coefficient (Wildman–Crippen LogP) is 2.59. The van der Waals surface area contributed by atoms with E-state index in [0.29, 0.717) is 6.42 Å². The third-order valence-corrected chi connectivity index (χ3v) is 3.10. The molecule has 0 radical (unpaired) electrons. The van der Waals surface area contributed by atoms with Crippen LogP contribution >= 0.6 is 11.6 Å². The van der Waals surface area contributed by atoms with E-state index in [9.17, 15) is 4.79 Å². The highest BCUT2D eigenvalue weighted by atomic mass is 35.5. The van der Waals surface area contributed by atoms with Gasteiger partial charge in [-0.15, -0.1) is 0 Å². The Morgan fingerprint density at radius 1 is 1.12 bits per heavy atom. The first-order chi connectivity index (χ1) is 7.74. The van der Waals surface area contributed by atoms with Crippen molar-refractivity contribution < 1.29 is 4.79 Å². The number of carbonyl (C=O) groups excluding carboxylic acids is 1. The lowest BCUT2D eigenvalue weighted by Crippen LogP contribution is -2.18. The molecule has 0 bridgehead atoms. The molecule has 86 valence electrons. The molecule has 0 aliphatic carbocycles. The second kappa shape index (κ2) is 5.46. The van der Waals surface area contributed by atoms with Crippen molar-refractivity contribution in [1.82, 2.24) is 4.90 Å². The summed E-state index contributed by atoms with van der Waals surface area (Å²) in [6.45, 7) is 3.44. The van der Waals surface area contributed by atoms with E-state index in [2.05, 4.69) is 17.0 Å². The fraction of sp³-hybridized carbons (Fsp3) is 0.462. The zero-order valence-corrected chi connectivity index (χ0v) is 10.0. The van der Waals surface area contributed by atoms with Gasteiger partial charge in [-0.25, -0.2) is 0 Å². The molecule has 0 spiro atoms. The highest BCUT2D eigenvalue weighted by Crippen LogP contribution is 2.13. The normalized spacial score (nSPS) is 16.6. The van der Waals surface area contributed by atoms with E-state index in [4.69, 9.17) is 11.6 Å². The van der Waals surface area contributed by atoms with E-state index in [-0.39, 0.29) is 5.24 Å². The van der Waals surface area contributed by atoms with Gasteiger partial charge in [-0.1, -0.05) is 24.3 Å². The Morgan fingerprint density at radius 3 is 2.25 bits per heavy atom. The Morgan fingerprint density at radius 2 is 1.69 bits per heavy atom. The Bertz CT molecular complexity index is 355. The van der Waals surface area contributed by atoms with Crippen LogP contribution in [-0.2, 0) is 17.8 Å². The van der Waals surface area contributed by atoms with Crippen molar-refractivity contribution >= 4 is 16.8 Å². The molecular weight excluding hydrogens is 222 g/mol. The van der Waals surface area contributed by atoms with Gasteiger partial charge in [0.1, 0.15) is 0 Å². The number of rotatable bonds is 4. The van der Waals surface area contributed by atoms with Crippen LogP contribution in [0.25, 0.3) is 0 Å². The van der Waals surface area contributed by atoms with Crippen molar-refractivity contribution in [2.75, 3.05) is 13.1 Å². The third kappa shape index (κ3) is 3.32. The first-order valence-electron chi connectivity index (χ1n) is 5.72. The van der Waals surface area contributed by atoms with Crippen LogP contribution in [0.1, 0.15) is 24.0 Å². The molecule has 1 aliphatic heterocycles. The summed E-state index contributed by atoms with van der Waals surface area (Å²) in [7, 11) is 0. The Hall–Kier alpha value is -0.860. The molecular formula is C13H16ClNO. The van der Waals surface area contributed by atoms with Crippen molar-refractivity contribution in [3.63, 3.8) is 0 Å². The fourth-order valence-corrected chi connectivity index (χ4v) is 2.28. The van der Waals surface area contributed by atoms with Gasteiger partial charge >= 0.3 is 0 Å². The predicted molar refractivity (Wildman–Crippen MR) is 65.5 cm³/mol. The molecule has 2 rings (SSSR count). The van der Waals surface area contributed by atoms with Gasteiger partial charge in [0, 0.05) is 13.0 Å². The standard InChI is InChI=1S/C13H16ClNO/c14-13(16)9-11-3-5-12(6-4-11)10-15-7-1-2-8-15/h3-6H,1-2,7-10H2. The van der Waals surface area contributed by atoms with E-state index < -0.39 is 0 Å². The monoisotopic (exact) mass is 237 g/mol. The minimum Gasteiger partial charge on any atom is -0.299 e. The fourth-order valence-electron chi connectivity index (χ4n) is 2.12. The van der Waals surface area contributed by atoms with Crippen LogP contribution in [0.4, 0.5) is 0 Å². The summed E-state index contributed by atoms with van der Waals surface area (Å²) < 4.78 is 0. The minimum absolute atomic E-state index is 0.299. The van der Waals surface area contributed by atoms with Gasteiger partial charge in [0.15, 0.2) is 0 Å². The topological polar surface area (TPSA) is 20.3 Å². The van der Waals surface area contributed by atoms with Crippen LogP contribution in [0.15, 0.2) is 24.3 Å². The summed E-state index contributed by atoms with van der Waals surface area (Å²) in [4.78, 5) is 13.2. The van der Waals surface area contributed by atoms with E-state index in [1.54, 1.807) is 0 Å². The quantitative estimate of drug-likeness (QED) is 0.751. The summed E-state index contributed by atoms with van der Waals surface area (Å²) in [5.41, 5.74) is 2.30. The third-order valence-electron chi connectivity index (χ3n) is 2.97. The molecule has 2 nitrogen and oxygen atoms in total. The van der Waals surface area contributed by atoms with Crippen LogP contribution in [0.2, 0.25) is 0 Å². The molecule has 1 heterocycles. The molecule has 3 heteroatoms. The summed E-state index contributed by atoms with van der Waals surface area (Å²) in [6.07, 6.45) is 2.96. The van der Waals surface area contributed by atoms with Crippen molar-refractivity contribution in [2.24, 2.45) is 0 Å². The van der Waals surface area contributed by atoms with Gasteiger partial charge in [-0.3, -0.25) is 9.69 Å². The number of likely N-dealkylation sites (tertiary alicyclic amines) is 1. The SMILES string of the molecule is O=C(Cl)Cc1ccc(CN2CCCC2)cc1. The maximum atomic E-state index is 10.7. The number of nitrogens with zero attached hydrogens (tertiary/aromatic N) is 1. The van der Waals surface area contributed by atoms with Crippen LogP contribution < -0.4 is 0 Å². The smallest absolute Gasteiger partial charge is 0.226 e. The zero-order chi connectivity index (χ0) is 11.4. The first kappa shape index (κ1) is 11.6. The second-order valence-corrected chi connectivity index (χ2v) is 4.75. The molecule has 0 saturated carbocycles. The van der Waals surface area contributed by atoms with E-state index in [0.717, 1.165) is 12.1 Å². The van der Waals surface area contributed by atoms with Gasteiger partial charge in [-0.05, 0) is 48.7 Å². The summed E-state index contributed by atoms with van der Waals surface area (Å²) in [5.74, 6) is 0. The Labute approximate surface area is 101 Å². The lowest BCUT2D eigenvalue weighted by Gasteiger charge is -2.14. The molecule has 1 fully saturated rings. The van der Waals surface area contributed by atoms with Crippen LogP contribution in [0.5, 0.6) is 0 Å². The summed E-state index contributed by atoms with van der Waals surface area (Å²) >= 11 is 5.34. The minimum atomic E-state index is -0.299. The molecule has 0 amide bonds. The number of hydrogen-bond acceptors (Lipinski definition) is 2. The van der Waals surface area contributed by atoms with E-state index >= 15 is 0 Å². The van der Waals surface area contributed by atoms with Gasteiger partial charge < -0.3 is 0 Å². The molecule has 1 aliphatic rings. The second-order valence-electron chi connectivity index (χ2n) is 4.33. The molecule has 1 saturated heterocycles. The van der Waals surface area contributed by atoms with Crippen molar-refractivity contribution in [3.05, 3.63) is 35.4 Å². The maximum absolute atomic E-state index is 10.7. The van der Waals surface area contributed by atoms with Crippen molar-refractivity contribution in [1.29, 1.82) is 0 Å². The van der Waals surface area contributed by atoms with E-state index in [1.807, 2.05) is 12.1 Å². The first-order valence-corrected chi connectivity index (χ1v) is 6.10. The van der Waals surface area contributed by atoms with Crippen molar-refractivity contribution in [3.8, 4) is 0 Å². The number of carbonyl (C=O) groups is 1. The highest BCUT2D eigenvalue weighted by Gasteiger charge is 2.11. The van der Waals surface area contributed by atoms with Crippen LogP contribution in [0, 0.1) is 0 Å². The number of hydrogen-bond donors (Lipinski definition) is 0. The molecule has 0 aromatic heterocycles. The summed E-state index contributed by atoms with van der Waals surface area (Å²) in [5, 5.41) is -0.299. The molecule has 1 aromatic carbocycles. The summed E-state index contributed by atoms with van der Waals surface area (Å²) in [6, 6.07) is 8.17. The average Bonchev–Trinajstić information content (AvgIpc) is 2.73.